The predicted molar refractivity (Wildman–Crippen MR) is 132 cm³/mol. The third-order valence-electron chi connectivity index (χ3n) is 5.31. The van der Waals surface area contributed by atoms with Crippen LogP contribution in [0.4, 0.5) is 0 Å². The molecule has 3 aromatic rings. The van der Waals surface area contributed by atoms with E-state index in [0.29, 0.717) is 18.4 Å². The molecule has 0 saturated carbocycles. The van der Waals surface area contributed by atoms with Crippen LogP contribution in [-0.2, 0) is 0 Å². The first-order valence-electron chi connectivity index (χ1n) is 11.0. The van der Waals surface area contributed by atoms with E-state index in [1.54, 1.807) is 17.8 Å². The van der Waals surface area contributed by atoms with Crippen molar-refractivity contribution in [3.8, 4) is 23.0 Å². The summed E-state index contributed by atoms with van der Waals surface area (Å²) in [7, 11) is 0. The fraction of sp³-hybridized carbons (Fsp3) is 0.417. The molecule has 0 aliphatic carbocycles. The number of hydrogen-bond acceptors (Lipinski definition) is 8. The first kappa shape index (κ1) is 23.0. The molecule has 1 atom stereocenters. The standard InChI is InChI=1S/C24H29N3O3S2/c1-2-32-22(20-6-3-4-7-21(20)28)24-26-25-23(30-24)18-8-10-19(11-9-18)29-15-5-12-27-13-16-31-17-14-27/h3-4,6-11,22,28H,2,5,12-17H2,1H3. The van der Waals surface area contributed by atoms with Gasteiger partial charge in [0, 0.05) is 42.3 Å². The summed E-state index contributed by atoms with van der Waals surface area (Å²) in [6, 6.07) is 15.0. The minimum absolute atomic E-state index is 0.205. The molecule has 0 radical (unpaired) electrons. The number of thioether (sulfide) groups is 2. The maximum Gasteiger partial charge on any atom is 0.247 e. The van der Waals surface area contributed by atoms with Gasteiger partial charge in [-0.3, -0.25) is 0 Å². The number of phenolic OH excluding ortho intramolecular Hbond substituents is 1. The Labute approximate surface area is 197 Å². The molecule has 4 rings (SSSR count). The molecule has 2 heterocycles. The molecule has 1 fully saturated rings. The number of benzene rings is 2. The van der Waals surface area contributed by atoms with Crippen LogP contribution in [0, 0.1) is 0 Å². The van der Waals surface area contributed by atoms with Gasteiger partial charge in [-0.15, -0.1) is 22.0 Å². The van der Waals surface area contributed by atoms with E-state index in [2.05, 4.69) is 22.0 Å². The molecule has 1 N–H and O–H groups in total. The van der Waals surface area contributed by atoms with Crippen LogP contribution in [0.2, 0.25) is 0 Å². The molecular weight excluding hydrogens is 442 g/mol. The van der Waals surface area contributed by atoms with Gasteiger partial charge < -0.3 is 19.2 Å². The number of aromatic hydroxyl groups is 1. The van der Waals surface area contributed by atoms with Crippen LogP contribution in [0.25, 0.3) is 11.5 Å². The molecule has 8 heteroatoms. The Bertz CT molecular complexity index is 975. The molecule has 1 saturated heterocycles. The van der Waals surface area contributed by atoms with E-state index in [1.807, 2.05) is 54.2 Å². The Morgan fingerprint density at radius 2 is 1.91 bits per heavy atom. The molecule has 0 spiro atoms. The van der Waals surface area contributed by atoms with E-state index in [1.165, 1.54) is 24.6 Å². The van der Waals surface area contributed by atoms with Crippen molar-refractivity contribution in [2.75, 3.05) is 43.5 Å². The lowest BCUT2D eigenvalue weighted by Crippen LogP contribution is -2.33. The van der Waals surface area contributed by atoms with E-state index in [9.17, 15) is 5.11 Å². The third-order valence-corrected chi connectivity index (χ3v) is 7.37. The largest absolute Gasteiger partial charge is 0.508 e. The van der Waals surface area contributed by atoms with Crippen molar-refractivity contribution in [1.29, 1.82) is 0 Å². The van der Waals surface area contributed by atoms with Gasteiger partial charge in [-0.1, -0.05) is 25.1 Å². The smallest absolute Gasteiger partial charge is 0.247 e. The molecule has 1 aliphatic heterocycles. The lowest BCUT2D eigenvalue weighted by atomic mass is 10.1. The summed E-state index contributed by atoms with van der Waals surface area (Å²) in [6.45, 7) is 6.25. The number of nitrogens with zero attached hydrogens (tertiary/aromatic N) is 3. The van der Waals surface area contributed by atoms with E-state index in [0.717, 1.165) is 35.6 Å². The molecule has 32 heavy (non-hydrogen) atoms. The Balaban J connectivity index is 1.35. The molecule has 0 bridgehead atoms. The second-order valence-corrected chi connectivity index (χ2v) is 10.1. The van der Waals surface area contributed by atoms with Gasteiger partial charge in [-0.05, 0) is 42.5 Å². The summed E-state index contributed by atoms with van der Waals surface area (Å²) in [6.07, 6.45) is 1.03. The first-order valence-corrected chi connectivity index (χ1v) is 13.2. The van der Waals surface area contributed by atoms with Gasteiger partial charge in [0.1, 0.15) is 16.7 Å². The van der Waals surface area contributed by atoms with Crippen LogP contribution in [-0.4, -0.2) is 63.7 Å². The quantitative estimate of drug-likeness (QED) is 0.410. The van der Waals surface area contributed by atoms with Gasteiger partial charge in [0.25, 0.3) is 0 Å². The van der Waals surface area contributed by atoms with E-state index >= 15 is 0 Å². The van der Waals surface area contributed by atoms with Gasteiger partial charge in [0.05, 0.1) is 6.61 Å². The minimum Gasteiger partial charge on any atom is -0.508 e. The van der Waals surface area contributed by atoms with E-state index < -0.39 is 0 Å². The minimum atomic E-state index is -0.205. The molecule has 0 amide bonds. The number of phenols is 1. The highest BCUT2D eigenvalue weighted by Gasteiger charge is 2.24. The first-order chi connectivity index (χ1) is 15.7. The van der Waals surface area contributed by atoms with Crippen LogP contribution in [0.3, 0.4) is 0 Å². The monoisotopic (exact) mass is 471 g/mol. The van der Waals surface area contributed by atoms with Crippen molar-refractivity contribution < 1.29 is 14.3 Å². The Morgan fingerprint density at radius 3 is 2.66 bits per heavy atom. The lowest BCUT2D eigenvalue weighted by Gasteiger charge is -2.25. The molecule has 6 nitrogen and oxygen atoms in total. The van der Waals surface area contributed by atoms with Crippen LogP contribution in [0.5, 0.6) is 11.5 Å². The maximum atomic E-state index is 10.3. The normalized spacial score (nSPS) is 15.5. The average molecular weight is 472 g/mol. The van der Waals surface area contributed by atoms with Gasteiger partial charge in [0.15, 0.2) is 0 Å². The fourth-order valence-corrected chi connectivity index (χ4v) is 5.55. The summed E-state index contributed by atoms with van der Waals surface area (Å²) in [4.78, 5) is 2.51. The Kier molecular flexibility index (Phi) is 8.36. The van der Waals surface area contributed by atoms with E-state index in [-0.39, 0.29) is 11.0 Å². The maximum absolute atomic E-state index is 10.3. The predicted octanol–water partition coefficient (Wildman–Crippen LogP) is 5.10. The average Bonchev–Trinajstić information content (AvgIpc) is 3.32. The number of hydrogen-bond donors (Lipinski definition) is 1. The van der Waals surface area contributed by atoms with Crippen LogP contribution in [0.15, 0.2) is 52.9 Å². The third kappa shape index (κ3) is 5.99. The van der Waals surface area contributed by atoms with Gasteiger partial charge in [0.2, 0.25) is 11.8 Å². The van der Waals surface area contributed by atoms with E-state index in [4.69, 9.17) is 9.15 Å². The number of ether oxygens (including phenoxy) is 1. The van der Waals surface area contributed by atoms with Gasteiger partial charge >= 0.3 is 0 Å². The van der Waals surface area contributed by atoms with Crippen molar-refractivity contribution in [2.45, 2.75) is 18.6 Å². The fourth-order valence-electron chi connectivity index (χ4n) is 3.62. The SMILES string of the molecule is CCSC(c1nnc(-c2ccc(OCCCN3CCSCC3)cc2)o1)c1ccccc1O. The summed E-state index contributed by atoms with van der Waals surface area (Å²) in [5.41, 5.74) is 1.63. The van der Waals surface area contributed by atoms with Crippen molar-refractivity contribution in [1.82, 2.24) is 15.1 Å². The van der Waals surface area contributed by atoms with Crippen LogP contribution in [0.1, 0.15) is 30.0 Å². The molecule has 170 valence electrons. The summed E-state index contributed by atoms with van der Waals surface area (Å²) in [5, 5.41) is 18.6. The van der Waals surface area contributed by atoms with Crippen molar-refractivity contribution >= 4 is 23.5 Å². The van der Waals surface area contributed by atoms with Crippen molar-refractivity contribution in [2.24, 2.45) is 0 Å². The number of aromatic nitrogens is 2. The number of para-hydroxylation sites is 1. The Morgan fingerprint density at radius 1 is 1.12 bits per heavy atom. The van der Waals surface area contributed by atoms with Crippen LogP contribution >= 0.6 is 23.5 Å². The van der Waals surface area contributed by atoms with Crippen molar-refractivity contribution in [3.05, 3.63) is 60.0 Å². The highest BCUT2D eigenvalue weighted by atomic mass is 32.2. The molecular formula is C24H29N3O3S2. The zero-order valence-electron chi connectivity index (χ0n) is 18.3. The highest BCUT2D eigenvalue weighted by molar-refractivity contribution is 7.99. The molecule has 1 aromatic heterocycles. The molecule has 2 aromatic carbocycles. The second kappa shape index (κ2) is 11.6. The molecule has 1 unspecified atom stereocenters. The van der Waals surface area contributed by atoms with Crippen molar-refractivity contribution in [3.63, 3.8) is 0 Å². The Hall–Kier alpha value is -2.16. The second-order valence-electron chi connectivity index (χ2n) is 7.52. The van der Waals surface area contributed by atoms with Gasteiger partial charge in [-0.25, -0.2) is 0 Å². The lowest BCUT2D eigenvalue weighted by molar-refractivity contribution is 0.248. The zero-order chi connectivity index (χ0) is 22.2. The zero-order valence-corrected chi connectivity index (χ0v) is 19.9. The van der Waals surface area contributed by atoms with Crippen LogP contribution < -0.4 is 4.74 Å². The summed E-state index contributed by atoms with van der Waals surface area (Å²) in [5.74, 6) is 5.37. The highest BCUT2D eigenvalue weighted by Crippen LogP contribution is 2.39. The topological polar surface area (TPSA) is 71.6 Å². The molecule has 1 aliphatic rings. The summed E-state index contributed by atoms with van der Waals surface area (Å²) >= 11 is 3.68. The number of rotatable bonds is 10. The summed E-state index contributed by atoms with van der Waals surface area (Å²) < 4.78 is 11.9. The van der Waals surface area contributed by atoms with Gasteiger partial charge in [-0.2, -0.15) is 11.8 Å².